The number of aliphatic hydroxyl groups is 3. The van der Waals surface area contributed by atoms with Gasteiger partial charge in [-0.1, -0.05) is 13.8 Å². The fraction of sp³-hybridized carbons (Fsp3) is 0.875. The summed E-state index contributed by atoms with van der Waals surface area (Å²) in [5.41, 5.74) is 11.3. The van der Waals surface area contributed by atoms with Gasteiger partial charge in [0.25, 0.3) is 0 Å². The maximum Gasteiger partial charge on any atom is 0.317 e. The smallest absolute Gasteiger partial charge is 0.317 e. The molecule has 14 heteroatoms. The molecule has 0 aromatic carbocycles. The SMILES string of the molecule is CCN(CCN(CC(=O)O)CC(CCO)N(CC)C(CCOCCO)C(N)=O)C(CCOCCO)C(N)=O. The summed E-state index contributed by atoms with van der Waals surface area (Å²) >= 11 is 0. The molecule has 0 aliphatic carbocycles. The fourth-order valence-electron chi connectivity index (χ4n) is 4.47. The van der Waals surface area contributed by atoms with Crippen LogP contribution in [0.1, 0.15) is 33.1 Å². The van der Waals surface area contributed by atoms with Gasteiger partial charge in [0, 0.05) is 45.5 Å². The van der Waals surface area contributed by atoms with Crippen molar-refractivity contribution in [3.8, 4) is 0 Å². The summed E-state index contributed by atoms with van der Waals surface area (Å²) in [7, 11) is 0. The molecule has 0 aromatic rings. The number of carbonyl (C=O) groups is 3. The van der Waals surface area contributed by atoms with E-state index in [-0.39, 0.29) is 78.2 Å². The standard InChI is InChI=1S/C24H49N5O9/c1-3-28(20(23(25)35)6-13-37-15-11-31)9-8-27(18-22(33)34)17-19(5-10-30)29(4-2)21(24(26)36)7-14-38-16-12-32/h19-21,30-32H,3-18H2,1-2H3,(H2,25,35)(H2,26,36)(H,33,34). The van der Waals surface area contributed by atoms with E-state index >= 15 is 0 Å². The molecule has 0 bridgehead atoms. The summed E-state index contributed by atoms with van der Waals surface area (Å²) in [5, 5.41) is 37.0. The van der Waals surface area contributed by atoms with Crippen LogP contribution < -0.4 is 11.5 Å². The molecule has 0 heterocycles. The van der Waals surface area contributed by atoms with Crippen LogP contribution in [0, 0.1) is 0 Å². The highest BCUT2D eigenvalue weighted by atomic mass is 16.5. The molecule has 0 fully saturated rings. The van der Waals surface area contributed by atoms with E-state index in [0.717, 1.165) is 0 Å². The van der Waals surface area contributed by atoms with Crippen LogP contribution in [0.5, 0.6) is 0 Å². The number of likely N-dealkylation sites (N-methyl/N-ethyl adjacent to an activating group) is 2. The zero-order chi connectivity index (χ0) is 28.9. The van der Waals surface area contributed by atoms with Gasteiger partial charge in [-0.3, -0.25) is 29.1 Å². The Balaban J connectivity index is 5.58. The molecule has 8 N–H and O–H groups in total. The molecule has 38 heavy (non-hydrogen) atoms. The second-order valence-electron chi connectivity index (χ2n) is 8.84. The Labute approximate surface area is 225 Å². The third-order valence-corrected chi connectivity index (χ3v) is 6.27. The van der Waals surface area contributed by atoms with Crippen molar-refractivity contribution < 1.29 is 44.3 Å². The van der Waals surface area contributed by atoms with Gasteiger partial charge in [0.1, 0.15) is 0 Å². The molecule has 0 rings (SSSR count). The van der Waals surface area contributed by atoms with Gasteiger partial charge in [-0.15, -0.1) is 0 Å². The van der Waals surface area contributed by atoms with Crippen LogP contribution in [0.4, 0.5) is 0 Å². The molecule has 0 radical (unpaired) electrons. The maximum absolute atomic E-state index is 12.3. The number of rotatable bonds is 26. The molecule has 14 nitrogen and oxygen atoms in total. The van der Waals surface area contributed by atoms with Gasteiger partial charge in [-0.2, -0.15) is 0 Å². The summed E-state index contributed by atoms with van der Waals surface area (Å²) in [6.45, 7) is 5.55. The van der Waals surface area contributed by atoms with Crippen LogP contribution in [0.2, 0.25) is 0 Å². The first kappa shape index (κ1) is 36.1. The zero-order valence-corrected chi connectivity index (χ0v) is 22.9. The van der Waals surface area contributed by atoms with E-state index in [2.05, 4.69) is 0 Å². The van der Waals surface area contributed by atoms with Crippen molar-refractivity contribution in [3.63, 3.8) is 0 Å². The van der Waals surface area contributed by atoms with Crippen LogP contribution in [-0.2, 0) is 23.9 Å². The number of aliphatic hydroxyl groups excluding tert-OH is 3. The van der Waals surface area contributed by atoms with Crippen molar-refractivity contribution in [2.24, 2.45) is 11.5 Å². The Hall–Kier alpha value is -1.91. The van der Waals surface area contributed by atoms with Crippen LogP contribution in [-0.4, -0.2) is 157 Å². The lowest BCUT2D eigenvalue weighted by atomic mass is 10.1. The highest BCUT2D eigenvalue weighted by Crippen LogP contribution is 2.15. The third kappa shape index (κ3) is 14.9. The second kappa shape index (κ2) is 22.0. The maximum atomic E-state index is 12.3. The number of carbonyl (C=O) groups excluding carboxylic acids is 2. The predicted octanol–water partition coefficient (Wildman–Crippen LogP) is -2.73. The molecule has 0 saturated carbocycles. The van der Waals surface area contributed by atoms with Crippen molar-refractivity contribution in [2.45, 2.75) is 51.2 Å². The zero-order valence-electron chi connectivity index (χ0n) is 22.9. The monoisotopic (exact) mass is 551 g/mol. The molecule has 0 aromatic heterocycles. The van der Waals surface area contributed by atoms with E-state index < -0.39 is 29.9 Å². The molecule has 0 spiro atoms. The molecule has 3 unspecified atom stereocenters. The van der Waals surface area contributed by atoms with Crippen molar-refractivity contribution in [1.29, 1.82) is 0 Å². The number of nitrogens with zero attached hydrogens (tertiary/aromatic N) is 3. The van der Waals surface area contributed by atoms with Gasteiger partial charge in [0.15, 0.2) is 0 Å². The minimum absolute atomic E-state index is 0.126. The lowest BCUT2D eigenvalue weighted by Gasteiger charge is -2.39. The van der Waals surface area contributed by atoms with Gasteiger partial charge < -0.3 is 41.4 Å². The first-order valence-corrected chi connectivity index (χ1v) is 13.2. The van der Waals surface area contributed by atoms with Crippen LogP contribution >= 0.6 is 0 Å². The lowest BCUT2D eigenvalue weighted by Crippen LogP contribution is -2.55. The van der Waals surface area contributed by atoms with E-state index in [1.165, 1.54) is 0 Å². The van der Waals surface area contributed by atoms with Gasteiger partial charge in [-0.05, 0) is 32.4 Å². The number of carboxylic acid groups (broad SMARTS) is 1. The number of nitrogens with two attached hydrogens (primary N) is 2. The Morgan fingerprint density at radius 2 is 1.32 bits per heavy atom. The van der Waals surface area contributed by atoms with Crippen molar-refractivity contribution in [2.75, 3.05) is 85.5 Å². The molecule has 0 aliphatic rings. The highest BCUT2D eigenvalue weighted by Gasteiger charge is 2.31. The molecular weight excluding hydrogens is 502 g/mol. The topological polar surface area (TPSA) is 212 Å². The van der Waals surface area contributed by atoms with E-state index in [9.17, 15) is 24.6 Å². The van der Waals surface area contributed by atoms with Gasteiger partial charge in [-0.25, -0.2) is 0 Å². The Morgan fingerprint density at radius 1 is 0.763 bits per heavy atom. The number of hydrogen-bond donors (Lipinski definition) is 6. The van der Waals surface area contributed by atoms with Gasteiger partial charge in [0.2, 0.25) is 11.8 Å². The lowest BCUT2D eigenvalue weighted by molar-refractivity contribution is -0.139. The quantitative estimate of drug-likeness (QED) is 0.0605. The van der Waals surface area contributed by atoms with E-state index in [0.29, 0.717) is 32.6 Å². The largest absolute Gasteiger partial charge is 0.480 e. The molecule has 3 atom stereocenters. The molecule has 0 saturated heterocycles. The minimum Gasteiger partial charge on any atom is -0.480 e. The summed E-state index contributed by atoms with van der Waals surface area (Å²) in [5.74, 6) is -2.11. The molecule has 2 amide bonds. The van der Waals surface area contributed by atoms with Crippen molar-refractivity contribution >= 4 is 17.8 Å². The highest BCUT2D eigenvalue weighted by molar-refractivity contribution is 5.80. The summed E-state index contributed by atoms with van der Waals surface area (Å²) in [4.78, 5) is 41.4. The second-order valence-corrected chi connectivity index (χ2v) is 8.84. The Kier molecular flexibility index (Phi) is 20.9. The van der Waals surface area contributed by atoms with Crippen molar-refractivity contribution in [3.05, 3.63) is 0 Å². The first-order chi connectivity index (χ1) is 18.2. The Bertz CT molecular complexity index is 659. The average molecular weight is 552 g/mol. The average Bonchev–Trinajstić information content (AvgIpc) is 2.86. The van der Waals surface area contributed by atoms with E-state index in [1.807, 2.05) is 23.6 Å². The van der Waals surface area contributed by atoms with Gasteiger partial charge in [0.05, 0.1) is 45.1 Å². The summed E-state index contributed by atoms with van der Waals surface area (Å²) in [6, 6.07) is -1.70. The number of aliphatic carboxylic acids is 1. The number of primary amides is 2. The number of hydrogen-bond acceptors (Lipinski definition) is 11. The number of carboxylic acids is 1. The third-order valence-electron chi connectivity index (χ3n) is 6.27. The Morgan fingerprint density at radius 3 is 1.74 bits per heavy atom. The number of amides is 2. The van der Waals surface area contributed by atoms with Crippen molar-refractivity contribution in [1.82, 2.24) is 14.7 Å². The van der Waals surface area contributed by atoms with Gasteiger partial charge >= 0.3 is 5.97 Å². The first-order valence-electron chi connectivity index (χ1n) is 13.2. The van der Waals surface area contributed by atoms with E-state index in [1.54, 1.807) is 4.90 Å². The fourth-order valence-corrected chi connectivity index (χ4v) is 4.47. The molecule has 224 valence electrons. The van der Waals surface area contributed by atoms with Crippen LogP contribution in [0.3, 0.4) is 0 Å². The van der Waals surface area contributed by atoms with Crippen LogP contribution in [0.25, 0.3) is 0 Å². The normalized spacial score (nSPS) is 14.2. The predicted molar refractivity (Wildman–Crippen MR) is 140 cm³/mol. The summed E-state index contributed by atoms with van der Waals surface area (Å²) < 4.78 is 10.6. The molecular formula is C24H49N5O9. The minimum atomic E-state index is -1.04. The summed E-state index contributed by atoms with van der Waals surface area (Å²) in [6.07, 6.45) is 0.901. The van der Waals surface area contributed by atoms with E-state index in [4.69, 9.17) is 31.2 Å². The number of ether oxygens (including phenoxy) is 2. The molecule has 0 aliphatic heterocycles. The van der Waals surface area contributed by atoms with Crippen LogP contribution in [0.15, 0.2) is 0 Å².